The number of piperidine rings is 1. The molecule has 2 fully saturated rings. The van der Waals surface area contributed by atoms with Gasteiger partial charge in [-0.3, -0.25) is 4.79 Å². The monoisotopic (exact) mass is 297 g/mol. The Morgan fingerprint density at radius 2 is 1.76 bits per heavy atom. The Labute approximate surface area is 128 Å². The molecule has 1 saturated carbocycles. The second-order valence-electron chi connectivity index (χ2n) is 6.82. The van der Waals surface area contributed by atoms with Gasteiger partial charge in [0.05, 0.1) is 12.2 Å². The van der Waals surface area contributed by atoms with E-state index in [9.17, 15) is 9.90 Å². The summed E-state index contributed by atoms with van der Waals surface area (Å²) >= 11 is 0. The molecule has 0 radical (unpaired) electrons. The molecule has 122 valence electrons. The zero-order valence-corrected chi connectivity index (χ0v) is 13.6. The van der Waals surface area contributed by atoms with E-state index in [1.807, 2.05) is 18.7 Å². The Morgan fingerprint density at radius 1 is 1.10 bits per heavy atom. The fourth-order valence-corrected chi connectivity index (χ4v) is 3.59. The second-order valence-corrected chi connectivity index (χ2v) is 6.82. The Bertz CT molecular complexity index is 324. The molecule has 1 aliphatic heterocycles. The van der Waals surface area contributed by atoms with Crippen molar-refractivity contribution >= 4 is 5.91 Å². The van der Waals surface area contributed by atoms with Crippen LogP contribution in [0.25, 0.3) is 0 Å². The molecule has 0 aromatic carbocycles. The van der Waals surface area contributed by atoms with Gasteiger partial charge in [0.15, 0.2) is 0 Å². The third kappa shape index (κ3) is 4.96. The predicted molar refractivity (Wildman–Crippen MR) is 83.0 cm³/mol. The van der Waals surface area contributed by atoms with Crippen molar-refractivity contribution in [3.8, 4) is 0 Å². The van der Waals surface area contributed by atoms with Crippen LogP contribution in [0.15, 0.2) is 0 Å². The highest BCUT2D eigenvalue weighted by atomic mass is 16.5. The molecule has 1 saturated heterocycles. The molecule has 2 rings (SSSR count). The molecule has 2 aliphatic rings. The summed E-state index contributed by atoms with van der Waals surface area (Å²) in [7, 11) is 0. The van der Waals surface area contributed by atoms with E-state index in [0.29, 0.717) is 6.54 Å². The molecule has 0 bridgehead atoms. The third-order valence-electron chi connectivity index (χ3n) is 5.00. The average molecular weight is 297 g/mol. The lowest BCUT2D eigenvalue weighted by Crippen LogP contribution is -2.47. The molecule has 1 aliphatic carbocycles. The maximum absolute atomic E-state index is 12.5. The zero-order chi connectivity index (χ0) is 15.2. The lowest BCUT2D eigenvalue weighted by Gasteiger charge is -2.36. The van der Waals surface area contributed by atoms with Crippen molar-refractivity contribution in [1.82, 2.24) is 4.90 Å². The lowest BCUT2D eigenvalue weighted by molar-refractivity contribution is -0.149. The lowest BCUT2D eigenvalue weighted by atomic mass is 9.93. The van der Waals surface area contributed by atoms with Gasteiger partial charge in [-0.1, -0.05) is 25.7 Å². The van der Waals surface area contributed by atoms with Gasteiger partial charge in [0.1, 0.15) is 6.10 Å². The molecular weight excluding hydrogens is 266 g/mol. The molecule has 1 N–H and O–H groups in total. The van der Waals surface area contributed by atoms with Crippen LogP contribution in [-0.4, -0.2) is 47.3 Å². The van der Waals surface area contributed by atoms with Gasteiger partial charge >= 0.3 is 0 Å². The maximum atomic E-state index is 12.5. The number of likely N-dealkylation sites (tertiary alicyclic amines) is 1. The fraction of sp³-hybridized carbons (Fsp3) is 0.941. The van der Waals surface area contributed by atoms with Gasteiger partial charge in [-0.2, -0.15) is 0 Å². The van der Waals surface area contributed by atoms with E-state index < -0.39 is 0 Å². The van der Waals surface area contributed by atoms with Gasteiger partial charge in [0.25, 0.3) is 5.91 Å². The number of hydrogen-bond acceptors (Lipinski definition) is 3. The summed E-state index contributed by atoms with van der Waals surface area (Å²) in [6.45, 7) is 5.19. The van der Waals surface area contributed by atoms with Crippen molar-refractivity contribution in [2.24, 2.45) is 5.92 Å². The van der Waals surface area contributed by atoms with Crippen LogP contribution >= 0.6 is 0 Å². The average Bonchev–Trinajstić information content (AvgIpc) is 2.75. The smallest absolute Gasteiger partial charge is 0.251 e. The van der Waals surface area contributed by atoms with Crippen molar-refractivity contribution in [3.63, 3.8) is 0 Å². The van der Waals surface area contributed by atoms with Gasteiger partial charge in [0, 0.05) is 19.0 Å². The van der Waals surface area contributed by atoms with E-state index in [2.05, 4.69) is 0 Å². The largest absolute Gasteiger partial charge is 0.393 e. The highest BCUT2D eigenvalue weighted by Crippen LogP contribution is 2.23. The summed E-state index contributed by atoms with van der Waals surface area (Å²) < 4.78 is 6.03. The number of nitrogens with zero attached hydrogens (tertiary/aromatic N) is 1. The molecule has 1 amide bonds. The number of carbonyl (C=O) groups is 1. The van der Waals surface area contributed by atoms with Gasteiger partial charge in [-0.05, 0) is 39.5 Å². The minimum atomic E-state index is -0.346. The first-order valence-corrected chi connectivity index (χ1v) is 8.70. The summed E-state index contributed by atoms with van der Waals surface area (Å²) in [4.78, 5) is 14.4. The van der Waals surface area contributed by atoms with Crippen LogP contribution in [0.5, 0.6) is 0 Å². The van der Waals surface area contributed by atoms with Gasteiger partial charge in [-0.15, -0.1) is 0 Å². The Morgan fingerprint density at radius 3 is 2.38 bits per heavy atom. The maximum Gasteiger partial charge on any atom is 0.251 e. The highest BCUT2D eigenvalue weighted by molar-refractivity contribution is 5.80. The van der Waals surface area contributed by atoms with Gasteiger partial charge < -0.3 is 14.7 Å². The first kappa shape index (κ1) is 16.8. The molecule has 0 spiro atoms. The number of hydrogen-bond donors (Lipinski definition) is 1. The molecule has 4 heteroatoms. The Balaban J connectivity index is 1.83. The summed E-state index contributed by atoms with van der Waals surface area (Å²) in [5.74, 6) is 0.317. The minimum Gasteiger partial charge on any atom is -0.393 e. The predicted octanol–water partition coefficient (Wildman–Crippen LogP) is 2.73. The molecule has 3 unspecified atom stereocenters. The van der Waals surface area contributed by atoms with Crippen LogP contribution < -0.4 is 0 Å². The van der Waals surface area contributed by atoms with E-state index in [1.165, 1.54) is 25.7 Å². The minimum absolute atomic E-state index is 0.101. The summed E-state index contributed by atoms with van der Waals surface area (Å²) in [6, 6.07) is 0. The number of aliphatic hydroxyl groups is 1. The van der Waals surface area contributed by atoms with Crippen molar-refractivity contribution in [3.05, 3.63) is 0 Å². The molecule has 21 heavy (non-hydrogen) atoms. The molecular formula is C17H31NO3. The number of ether oxygens (including phenoxy) is 1. The van der Waals surface area contributed by atoms with Crippen molar-refractivity contribution in [2.45, 2.75) is 83.5 Å². The highest BCUT2D eigenvalue weighted by Gasteiger charge is 2.30. The molecule has 1 heterocycles. The van der Waals surface area contributed by atoms with Crippen molar-refractivity contribution in [2.75, 3.05) is 13.1 Å². The van der Waals surface area contributed by atoms with Crippen LogP contribution in [0.2, 0.25) is 0 Å². The van der Waals surface area contributed by atoms with Crippen LogP contribution in [0.3, 0.4) is 0 Å². The van der Waals surface area contributed by atoms with E-state index in [1.54, 1.807) is 0 Å². The number of amides is 1. The summed E-state index contributed by atoms with van der Waals surface area (Å²) in [6.07, 6.45) is 8.79. The normalized spacial score (nSPS) is 28.0. The van der Waals surface area contributed by atoms with E-state index >= 15 is 0 Å². The quantitative estimate of drug-likeness (QED) is 0.812. The number of rotatable bonds is 4. The van der Waals surface area contributed by atoms with E-state index in [0.717, 1.165) is 32.2 Å². The summed E-state index contributed by atoms with van der Waals surface area (Å²) in [5, 5.41) is 9.74. The first-order chi connectivity index (χ1) is 10.1. The fourth-order valence-electron chi connectivity index (χ4n) is 3.59. The zero-order valence-electron chi connectivity index (χ0n) is 13.6. The van der Waals surface area contributed by atoms with Crippen LogP contribution in [0.4, 0.5) is 0 Å². The molecule has 3 atom stereocenters. The SMILES string of the molecule is CC(OC1CCCCCC1)C(=O)N1CCCC(C(C)O)C1. The Kier molecular flexibility index (Phi) is 6.49. The molecule has 0 aromatic rings. The van der Waals surface area contributed by atoms with Gasteiger partial charge in [-0.25, -0.2) is 0 Å². The van der Waals surface area contributed by atoms with Crippen molar-refractivity contribution in [1.29, 1.82) is 0 Å². The van der Waals surface area contributed by atoms with Crippen LogP contribution in [0, 0.1) is 5.92 Å². The van der Waals surface area contributed by atoms with E-state index in [-0.39, 0.29) is 30.1 Å². The molecule has 0 aromatic heterocycles. The van der Waals surface area contributed by atoms with Gasteiger partial charge in [0.2, 0.25) is 0 Å². The third-order valence-corrected chi connectivity index (χ3v) is 5.00. The number of aliphatic hydroxyl groups excluding tert-OH is 1. The Hall–Kier alpha value is -0.610. The standard InChI is InChI=1S/C17H31NO3/c1-13(19)15-8-7-11-18(12-15)17(20)14(2)21-16-9-5-3-4-6-10-16/h13-16,19H,3-12H2,1-2H3. The van der Waals surface area contributed by atoms with E-state index in [4.69, 9.17) is 4.74 Å². The molecule has 4 nitrogen and oxygen atoms in total. The number of carbonyl (C=O) groups excluding carboxylic acids is 1. The second kappa shape index (κ2) is 8.14. The topological polar surface area (TPSA) is 49.8 Å². The first-order valence-electron chi connectivity index (χ1n) is 8.70. The van der Waals surface area contributed by atoms with Crippen LogP contribution in [-0.2, 0) is 9.53 Å². The summed E-state index contributed by atoms with van der Waals surface area (Å²) in [5.41, 5.74) is 0. The van der Waals surface area contributed by atoms with Crippen molar-refractivity contribution < 1.29 is 14.6 Å². The van der Waals surface area contributed by atoms with Crippen LogP contribution in [0.1, 0.15) is 65.2 Å².